The van der Waals surface area contributed by atoms with Crippen molar-refractivity contribution in [1.82, 2.24) is 4.90 Å². The van der Waals surface area contributed by atoms with E-state index in [9.17, 15) is 9.90 Å². The number of hydrogen-bond acceptors (Lipinski definition) is 3. The third-order valence-electron chi connectivity index (χ3n) is 3.35. The Hall–Kier alpha value is -1.65. The van der Waals surface area contributed by atoms with Gasteiger partial charge in [-0.3, -0.25) is 9.69 Å². The summed E-state index contributed by atoms with van der Waals surface area (Å²) in [6, 6.07) is 13.6. The molecule has 2 aromatic rings. The molecular weight excluding hydrogens is 270 g/mol. The van der Waals surface area contributed by atoms with Gasteiger partial charge in [0.05, 0.1) is 5.92 Å². The fourth-order valence-electron chi connectivity index (χ4n) is 2.20. The van der Waals surface area contributed by atoms with Gasteiger partial charge in [0, 0.05) is 18.0 Å². The van der Waals surface area contributed by atoms with Gasteiger partial charge < -0.3 is 5.11 Å². The lowest BCUT2D eigenvalue weighted by Crippen LogP contribution is -2.31. The summed E-state index contributed by atoms with van der Waals surface area (Å²) in [7, 11) is 0. The molecule has 1 aromatic carbocycles. The maximum atomic E-state index is 11.5. The van der Waals surface area contributed by atoms with Gasteiger partial charge in [0.1, 0.15) is 0 Å². The van der Waals surface area contributed by atoms with Crippen LogP contribution in [0, 0.1) is 0 Å². The molecule has 0 bridgehead atoms. The Morgan fingerprint density at radius 3 is 2.55 bits per heavy atom. The maximum absolute atomic E-state index is 11.5. The van der Waals surface area contributed by atoms with Crippen LogP contribution in [0.2, 0.25) is 0 Å². The molecule has 0 saturated heterocycles. The Kier molecular flexibility index (Phi) is 5.32. The first-order chi connectivity index (χ1) is 9.70. The van der Waals surface area contributed by atoms with Crippen molar-refractivity contribution in [3.8, 4) is 0 Å². The largest absolute Gasteiger partial charge is 0.481 e. The van der Waals surface area contributed by atoms with Crippen molar-refractivity contribution in [3.05, 3.63) is 58.3 Å². The van der Waals surface area contributed by atoms with Gasteiger partial charge in [0.15, 0.2) is 0 Å². The Morgan fingerprint density at radius 2 is 2.00 bits per heavy atom. The van der Waals surface area contributed by atoms with Crippen molar-refractivity contribution >= 4 is 17.3 Å². The van der Waals surface area contributed by atoms with E-state index < -0.39 is 11.9 Å². The van der Waals surface area contributed by atoms with Crippen molar-refractivity contribution in [2.24, 2.45) is 0 Å². The third kappa shape index (κ3) is 3.92. The minimum absolute atomic E-state index is 0.476. The number of carboxylic acid groups (broad SMARTS) is 1. The normalized spacial score (nSPS) is 12.5. The van der Waals surface area contributed by atoms with Crippen LogP contribution in [-0.4, -0.2) is 29.1 Å². The fraction of sp³-hybridized carbons (Fsp3) is 0.312. The lowest BCUT2D eigenvalue weighted by molar-refractivity contribution is -0.139. The monoisotopic (exact) mass is 289 g/mol. The number of carboxylic acids is 1. The second kappa shape index (κ2) is 7.22. The van der Waals surface area contributed by atoms with Crippen LogP contribution >= 0.6 is 11.3 Å². The molecule has 1 atom stereocenters. The van der Waals surface area contributed by atoms with Gasteiger partial charge in [-0.1, -0.05) is 43.3 Å². The molecule has 3 nitrogen and oxygen atoms in total. The molecule has 0 amide bonds. The summed E-state index contributed by atoms with van der Waals surface area (Å²) in [5.41, 5.74) is 0.865. The fourth-order valence-corrected chi connectivity index (χ4v) is 2.94. The van der Waals surface area contributed by atoms with Gasteiger partial charge in [-0.05, 0) is 23.6 Å². The minimum Gasteiger partial charge on any atom is -0.481 e. The smallest absolute Gasteiger partial charge is 0.312 e. The van der Waals surface area contributed by atoms with Crippen molar-refractivity contribution in [2.45, 2.75) is 19.4 Å². The van der Waals surface area contributed by atoms with Crippen LogP contribution in [0.25, 0.3) is 0 Å². The molecule has 0 radical (unpaired) electrons. The van der Waals surface area contributed by atoms with E-state index in [0.717, 1.165) is 18.7 Å². The van der Waals surface area contributed by atoms with E-state index in [2.05, 4.69) is 23.3 Å². The third-order valence-corrected chi connectivity index (χ3v) is 4.21. The summed E-state index contributed by atoms with van der Waals surface area (Å²) >= 11 is 1.71. The van der Waals surface area contributed by atoms with Crippen molar-refractivity contribution in [3.63, 3.8) is 0 Å². The van der Waals surface area contributed by atoms with Gasteiger partial charge in [0.2, 0.25) is 0 Å². The molecule has 0 saturated carbocycles. The maximum Gasteiger partial charge on any atom is 0.312 e. The van der Waals surface area contributed by atoms with Crippen LogP contribution in [0.15, 0.2) is 47.8 Å². The molecule has 4 heteroatoms. The number of hydrogen-bond donors (Lipinski definition) is 1. The first kappa shape index (κ1) is 14.8. The number of thiophene rings is 1. The summed E-state index contributed by atoms with van der Waals surface area (Å²) < 4.78 is 0. The number of rotatable bonds is 7. The van der Waals surface area contributed by atoms with Crippen molar-refractivity contribution < 1.29 is 9.90 Å². The van der Waals surface area contributed by atoms with Crippen LogP contribution < -0.4 is 0 Å². The van der Waals surface area contributed by atoms with E-state index in [-0.39, 0.29) is 0 Å². The van der Waals surface area contributed by atoms with Crippen LogP contribution in [-0.2, 0) is 11.3 Å². The van der Waals surface area contributed by atoms with E-state index in [4.69, 9.17) is 0 Å². The Labute approximate surface area is 123 Å². The zero-order valence-corrected chi connectivity index (χ0v) is 12.3. The molecule has 1 unspecified atom stereocenters. The second-order valence-electron chi connectivity index (χ2n) is 4.71. The number of nitrogens with zero attached hydrogens (tertiary/aromatic N) is 1. The molecule has 0 aliphatic carbocycles. The number of likely N-dealkylation sites (N-methyl/N-ethyl adjacent to an activating group) is 1. The first-order valence-electron chi connectivity index (χ1n) is 6.73. The summed E-state index contributed by atoms with van der Waals surface area (Å²) in [5, 5.41) is 11.5. The molecule has 0 fully saturated rings. The highest BCUT2D eigenvalue weighted by molar-refractivity contribution is 7.09. The van der Waals surface area contributed by atoms with E-state index in [1.54, 1.807) is 11.3 Å². The Morgan fingerprint density at radius 1 is 1.25 bits per heavy atom. The van der Waals surface area contributed by atoms with Crippen LogP contribution in [0.4, 0.5) is 0 Å². The molecule has 1 aromatic heterocycles. The molecule has 1 heterocycles. The quantitative estimate of drug-likeness (QED) is 0.849. The zero-order valence-electron chi connectivity index (χ0n) is 11.5. The van der Waals surface area contributed by atoms with E-state index in [0.29, 0.717) is 6.54 Å². The van der Waals surface area contributed by atoms with Gasteiger partial charge in [-0.25, -0.2) is 0 Å². The molecule has 106 valence electrons. The second-order valence-corrected chi connectivity index (χ2v) is 5.74. The molecule has 2 rings (SSSR count). The lowest BCUT2D eigenvalue weighted by atomic mass is 9.98. The van der Waals surface area contributed by atoms with E-state index in [1.165, 1.54) is 4.88 Å². The molecule has 0 aliphatic rings. The Bertz CT molecular complexity index is 525. The highest BCUT2D eigenvalue weighted by atomic mass is 32.1. The summed E-state index contributed by atoms with van der Waals surface area (Å²) in [4.78, 5) is 15.0. The van der Waals surface area contributed by atoms with Crippen LogP contribution in [0.5, 0.6) is 0 Å². The average Bonchev–Trinajstić information content (AvgIpc) is 2.96. The van der Waals surface area contributed by atoms with Gasteiger partial charge in [-0.2, -0.15) is 0 Å². The molecule has 20 heavy (non-hydrogen) atoms. The van der Waals surface area contributed by atoms with Crippen molar-refractivity contribution in [1.29, 1.82) is 0 Å². The van der Waals surface area contributed by atoms with Gasteiger partial charge in [0.25, 0.3) is 0 Å². The lowest BCUT2D eigenvalue weighted by Gasteiger charge is -2.24. The standard InChI is InChI=1S/C16H19NO2S/c1-2-17(11-14-9-6-10-20-14)12-15(16(18)19)13-7-4-3-5-8-13/h3-10,15H,2,11-12H2,1H3,(H,18,19). The highest BCUT2D eigenvalue weighted by Gasteiger charge is 2.22. The molecule has 1 N–H and O–H groups in total. The first-order valence-corrected chi connectivity index (χ1v) is 7.61. The topological polar surface area (TPSA) is 40.5 Å². The number of carbonyl (C=O) groups is 1. The molecule has 0 spiro atoms. The van der Waals surface area contributed by atoms with Crippen LogP contribution in [0.3, 0.4) is 0 Å². The SMILES string of the molecule is CCN(Cc1cccs1)CC(C(=O)O)c1ccccc1. The summed E-state index contributed by atoms with van der Waals surface area (Å²) in [6.45, 7) is 4.25. The van der Waals surface area contributed by atoms with E-state index >= 15 is 0 Å². The average molecular weight is 289 g/mol. The Balaban J connectivity index is 2.08. The predicted octanol–water partition coefficient (Wildman–Crippen LogP) is 3.44. The molecule has 0 aliphatic heterocycles. The number of aliphatic carboxylic acids is 1. The van der Waals surface area contributed by atoms with Gasteiger partial charge in [-0.15, -0.1) is 11.3 Å². The zero-order chi connectivity index (χ0) is 14.4. The van der Waals surface area contributed by atoms with Crippen LogP contribution in [0.1, 0.15) is 23.3 Å². The molecular formula is C16H19NO2S. The van der Waals surface area contributed by atoms with E-state index in [1.807, 2.05) is 36.4 Å². The highest BCUT2D eigenvalue weighted by Crippen LogP contribution is 2.19. The summed E-state index contributed by atoms with van der Waals surface area (Å²) in [5.74, 6) is -1.24. The summed E-state index contributed by atoms with van der Waals surface area (Å²) in [6.07, 6.45) is 0. The minimum atomic E-state index is -0.763. The van der Waals surface area contributed by atoms with Gasteiger partial charge >= 0.3 is 5.97 Å². The number of benzene rings is 1. The predicted molar refractivity (Wildman–Crippen MR) is 82.1 cm³/mol. The van der Waals surface area contributed by atoms with Crippen molar-refractivity contribution in [2.75, 3.05) is 13.1 Å².